The number of nitrogens with one attached hydrogen (secondary N) is 1. The number of hydrogen-bond acceptors (Lipinski definition) is 3. The molecule has 4 heteroatoms. The first kappa shape index (κ1) is 10.8. The number of hydrogen-bond donors (Lipinski definition) is 1. The molecule has 0 fully saturated rings. The van der Waals surface area contributed by atoms with Crippen LogP contribution in [0.5, 0.6) is 11.5 Å². The molecule has 0 spiro atoms. The Morgan fingerprint density at radius 3 is 2.69 bits per heavy atom. The van der Waals surface area contributed by atoms with Gasteiger partial charge in [0.05, 0.1) is 14.2 Å². The fraction of sp³-hybridized carbons (Fsp3) is 0.417. The van der Waals surface area contributed by atoms with Crippen LogP contribution in [0, 0.1) is 0 Å². The summed E-state index contributed by atoms with van der Waals surface area (Å²) in [5.41, 5.74) is 1.61. The molecule has 0 saturated carbocycles. The van der Waals surface area contributed by atoms with Gasteiger partial charge in [-0.2, -0.15) is 0 Å². The van der Waals surface area contributed by atoms with Crippen molar-refractivity contribution in [1.82, 2.24) is 5.32 Å². The number of ether oxygens (including phenoxy) is 2. The van der Waals surface area contributed by atoms with E-state index in [4.69, 9.17) is 9.47 Å². The molecule has 0 bridgehead atoms. The highest BCUT2D eigenvalue weighted by Crippen LogP contribution is 2.31. The van der Waals surface area contributed by atoms with Gasteiger partial charge in [-0.25, -0.2) is 0 Å². The molecule has 4 nitrogen and oxygen atoms in total. The molecule has 1 N–H and O–H groups in total. The fourth-order valence-corrected chi connectivity index (χ4v) is 1.99. The van der Waals surface area contributed by atoms with Crippen LogP contribution in [0.25, 0.3) is 0 Å². The number of fused-ring (bicyclic) bond motifs is 1. The first-order valence-electron chi connectivity index (χ1n) is 5.21. The van der Waals surface area contributed by atoms with Crippen LogP contribution < -0.4 is 14.8 Å². The summed E-state index contributed by atoms with van der Waals surface area (Å²) in [5, 5.41) is 2.89. The van der Waals surface area contributed by atoms with Crippen molar-refractivity contribution < 1.29 is 14.3 Å². The lowest BCUT2D eigenvalue weighted by atomic mass is 9.95. The van der Waals surface area contributed by atoms with Crippen LogP contribution in [0.3, 0.4) is 0 Å². The minimum absolute atomic E-state index is 0.0639. The van der Waals surface area contributed by atoms with Crippen LogP contribution in [0.1, 0.15) is 22.8 Å². The van der Waals surface area contributed by atoms with E-state index in [0.29, 0.717) is 11.3 Å². The van der Waals surface area contributed by atoms with Gasteiger partial charge < -0.3 is 14.8 Å². The maximum absolute atomic E-state index is 11.8. The maximum Gasteiger partial charge on any atom is 0.252 e. The van der Waals surface area contributed by atoms with Crippen molar-refractivity contribution in [2.24, 2.45) is 0 Å². The lowest BCUT2D eigenvalue weighted by Crippen LogP contribution is -2.39. The van der Waals surface area contributed by atoms with Crippen molar-refractivity contribution in [2.45, 2.75) is 19.4 Å². The third-order valence-electron chi connectivity index (χ3n) is 2.77. The van der Waals surface area contributed by atoms with Crippen molar-refractivity contribution in [1.29, 1.82) is 0 Å². The van der Waals surface area contributed by atoms with Gasteiger partial charge in [0.15, 0.2) is 0 Å². The molecule has 1 amide bonds. The molecule has 2 rings (SSSR count). The van der Waals surface area contributed by atoms with E-state index in [9.17, 15) is 4.79 Å². The van der Waals surface area contributed by atoms with Crippen molar-refractivity contribution in [2.75, 3.05) is 14.2 Å². The fourth-order valence-electron chi connectivity index (χ4n) is 1.99. The van der Waals surface area contributed by atoms with Crippen LogP contribution in [0.2, 0.25) is 0 Å². The molecule has 1 aliphatic heterocycles. The molecule has 1 atom stereocenters. The molecule has 1 aromatic carbocycles. The maximum atomic E-state index is 11.8. The number of benzene rings is 1. The number of rotatable bonds is 2. The Labute approximate surface area is 94.6 Å². The molecule has 1 aromatic rings. The second-order valence-electron chi connectivity index (χ2n) is 3.93. The lowest BCUT2D eigenvalue weighted by Gasteiger charge is -2.24. The number of carbonyl (C=O) groups is 1. The van der Waals surface area contributed by atoms with E-state index in [1.807, 2.05) is 13.0 Å². The van der Waals surface area contributed by atoms with Gasteiger partial charge >= 0.3 is 0 Å². The van der Waals surface area contributed by atoms with Crippen LogP contribution >= 0.6 is 0 Å². The largest absolute Gasteiger partial charge is 0.497 e. The Kier molecular flexibility index (Phi) is 2.73. The smallest absolute Gasteiger partial charge is 0.252 e. The van der Waals surface area contributed by atoms with Gasteiger partial charge in [0.1, 0.15) is 11.5 Å². The van der Waals surface area contributed by atoms with Crippen molar-refractivity contribution in [3.8, 4) is 11.5 Å². The van der Waals surface area contributed by atoms with Crippen molar-refractivity contribution in [3.05, 3.63) is 23.3 Å². The van der Waals surface area contributed by atoms with Gasteiger partial charge in [-0.05, 0) is 19.4 Å². The molecular formula is C12H15NO3. The molecule has 1 aliphatic rings. The Morgan fingerprint density at radius 1 is 1.31 bits per heavy atom. The van der Waals surface area contributed by atoms with E-state index in [0.717, 1.165) is 17.7 Å². The van der Waals surface area contributed by atoms with Gasteiger partial charge in [0, 0.05) is 23.2 Å². The third kappa shape index (κ3) is 1.71. The number of carbonyl (C=O) groups excluding carboxylic acids is 1. The summed E-state index contributed by atoms with van der Waals surface area (Å²) in [6.45, 7) is 1.98. The summed E-state index contributed by atoms with van der Waals surface area (Å²) in [7, 11) is 3.18. The molecule has 1 heterocycles. The molecule has 0 radical (unpaired) electrons. The molecule has 0 aromatic heterocycles. The SMILES string of the molecule is COc1cc(OC)c2c(c1)C(=O)NC(C)C2. The second kappa shape index (κ2) is 4.04. The molecule has 16 heavy (non-hydrogen) atoms. The summed E-state index contributed by atoms with van der Waals surface area (Å²) in [4.78, 5) is 11.8. The predicted molar refractivity (Wildman–Crippen MR) is 60.2 cm³/mol. The zero-order valence-corrected chi connectivity index (χ0v) is 9.66. The minimum atomic E-state index is -0.0639. The molecule has 86 valence electrons. The first-order valence-corrected chi connectivity index (χ1v) is 5.21. The van der Waals surface area contributed by atoms with E-state index in [1.54, 1.807) is 20.3 Å². The van der Waals surface area contributed by atoms with Crippen LogP contribution in [0.15, 0.2) is 12.1 Å². The van der Waals surface area contributed by atoms with E-state index in [1.165, 1.54) is 0 Å². The highest BCUT2D eigenvalue weighted by atomic mass is 16.5. The summed E-state index contributed by atoms with van der Waals surface area (Å²) in [6.07, 6.45) is 0.786. The second-order valence-corrected chi connectivity index (χ2v) is 3.93. The monoisotopic (exact) mass is 221 g/mol. The summed E-state index contributed by atoms with van der Waals surface area (Å²) >= 11 is 0. The quantitative estimate of drug-likeness (QED) is 0.820. The van der Waals surface area contributed by atoms with Gasteiger partial charge in [0.25, 0.3) is 5.91 Å². The highest BCUT2D eigenvalue weighted by Gasteiger charge is 2.25. The van der Waals surface area contributed by atoms with Gasteiger partial charge in [0.2, 0.25) is 0 Å². The summed E-state index contributed by atoms with van der Waals surface area (Å²) < 4.78 is 10.4. The lowest BCUT2D eigenvalue weighted by molar-refractivity contribution is 0.0928. The number of methoxy groups -OCH3 is 2. The Bertz CT molecular complexity index is 429. The molecular weight excluding hydrogens is 206 g/mol. The standard InChI is InChI=1S/C12H15NO3/c1-7-4-9-10(12(14)13-7)5-8(15-2)6-11(9)16-3/h5-7H,4H2,1-3H3,(H,13,14). The van der Waals surface area contributed by atoms with E-state index >= 15 is 0 Å². The summed E-state index contributed by atoms with van der Waals surface area (Å²) in [6, 6.07) is 3.70. The Morgan fingerprint density at radius 2 is 2.06 bits per heavy atom. The minimum Gasteiger partial charge on any atom is -0.497 e. The predicted octanol–water partition coefficient (Wildman–Crippen LogP) is 1.38. The van der Waals surface area contributed by atoms with Crippen molar-refractivity contribution in [3.63, 3.8) is 0 Å². The zero-order valence-electron chi connectivity index (χ0n) is 9.66. The summed E-state index contributed by atoms with van der Waals surface area (Å²) in [5.74, 6) is 1.29. The van der Waals surface area contributed by atoms with Crippen molar-refractivity contribution >= 4 is 5.91 Å². The zero-order chi connectivity index (χ0) is 11.7. The van der Waals surface area contributed by atoms with Gasteiger partial charge in [-0.3, -0.25) is 4.79 Å². The highest BCUT2D eigenvalue weighted by molar-refractivity contribution is 5.98. The Hall–Kier alpha value is -1.71. The van der Waals surface area contributed by atoms with E-state index < -0.39 is 0 Å². The molecule has 0 aliphatic carbocycles. The van der Waals surface area contributed by atoms with Crippen LogP contribution in [0.4, 0.5) is 0 Å². The average molecular weight is 221 g/mol. The van der Waals surface area contributed by atoms with Crippen LogP contribution in [-0.4, -0.2) is 26.2 Å². The van der Waals surface area contributed by atoms with Gasteiger partial charge in [-0.15, -0.1) is 0 Å². The number of amides is 1. The van der Waals surface area contributed by atoms with Crippen LogP contribution in [-0.2, 0) is 6.42 Å². The molecule has 0 saturated heterocycles. The normalized spacial score (nSPS) is 18.7. The average Bonchev–Trinajstić information content (AvgIpc) is 2.28. The van der Waals surface area contributed by atoms with E-state index in [2.05, 4.69) is 5.32 Å². The Balaban J connectivity index is 2.56. The molecule has 1 unspecified atom stereocenters. The van der Waals surface area contributed by atoms with Gasteiger partial charge in [-0.1, -0.05) is 0 Å². The third-order valence-corrected chi connectivity index (χ3v) is 2.77. The first-order chi connectivity index (χ1) is 7.65. The topological polar surface area (TPSA) is 47.6 Å². The van der Waals surface area contributed by atoms with E-state index in [-0.39, 0.29) is 11.9 Å².